The Morgan fingerprint density at radius 1 is 1.29 bits per heavy atom. The lowest BCUT2D eigenvalue weighted by Crippen LogP contribution is -2.56. The molecule has 84 valence electrons. The van der Waals surface area contributed by atoms with Crippen LogP contribution < -0.4 is 5.32 Å². The van der Waals surface area contributed by atoms with Gasteiger partial charge in [-0.3, -0.25) is 4.90 Å². The van der Waals surface area contributed by atoms with Gasteiger partial charge >= 0.3 is 0 Å². The normalized spacial score (nSPS) is 21.4. The molecule has 14 heavy (non-hydrogen) atoms. The molecule has 0 bridgehead atoms. The van der Waals surface area contributed by atoms with E-state index < -0.39 is 0 Å². The first-order valence-electron chi connectivity index (χ1n) is 6.05. The Morgan fingerprint density at radius 3 is 2.29 bits per heavy atom. The van der Waals surface area contributed by atoms with E-state index in [1.807, 2.05) is 0 Å². The molecule has 0 aromatic rings. The van der Waals surface area contributed by atoms with Gasteiger partial charge in [0.25, 0.3) is 0 Å². The minimum Gasteiger partial charge on any atom is -0.315 e. The zero-order chi connectivity index (χ0) is 10.6. The fourth-order valence-corrected chi connectivity index (χ4v) is 2.65. The van der Waals surface area contributed by atoms with Gasteiger partial charge in [0.2, 0.25) is 0 Å². The molecule has 0 aromatic heterocycles. The van der Waals surface area contributed by atoms with E-state index in [4.69, 9.17) is 0 Å². The second kappa shape index (κ2) is 5.13. The zero-order valence-corrected chi connectivity index (χ0v) is 10.3. The molecule has 1 rings (SSSR count). The third kappa shape index (κ3) is 2.48. The number of likely N-dealkylation sites (N-methyl/N-ethyl adjacent to an activating group) is 1. The van der Waals surface area contributed by atoms with Gasteiger partial charge in [-0.2, -0.15) is 0 Å². The van der Waals surface area contributed by atoms with Gasteiger partial charge < -0.3 is 5.32 Å². The summed E-state index contributed by atoms with van der Waals surface area (Å²) >= 11 is 0. The lowest BCUT2D eigenvalue weighted by atomic mass is 9.89. The van der Waals surface area contributed by atoms with Crippen molar-refractivity contribution in [2.24, 2.45) is 0 Å². The summed E-state index contributed by atoms with van der Waals surface area (Å²) in [4.78, 5) is 2.64. The summed E-state index contributed by atoms with van der Waals surface area (Å²) in [6.07, 6.45) is 5.31. The third-order valence-corrected chi connectivity index (χ3v) is 3.70. The van der Waals surface area contributed by atoms with E-state index in [0.717, 1.165) is 0 Å². The van der Waals surface area contributed by atoms with Crippen LogP contribution >= 0.6 is 0 Å². The molecule has 0 saturated carbocycles. The van der Waals surface area contributed by atoms with Crippen LogP contribution in [0, 0.1) is 0 Å². The second-order valence-electron chi connectivity index (χ2n) is 4.98. The summed E-state index contributed by atoms with van der Waals surface area (Å²) < 4.78 is 0. The summed E-state index contributed by atoms with van der Waals surface area (Å²) in [5.41, 5.74) is 0.321. The SMILES string of the molecule is CCCC(NC)C(C)(C)N1CCCC1. The van der Waals surface area contributed by atoms with E-state index in [9.17, 15) is 0 Å². The van der Waals surface area contributed by atoms with Crippen LogP contribution in [0.3, 0.4) is 0 Å². The average Bonchev–Trinajstić information content (AvgIpc) is 2.66. The van der Waals surface area contributed by atoms with Crippen molar-refractivity contribution in [1.29, 1.82) is 0 Å². The lowest BCUT2D eigenvalue weighted by molar-refractivity contribution is 0.106. The highest BCUT2D eigenvalue weighted by Crippen LogP contribution is 2.26. The van der Waals surface area contributed by atoms with Crippen molar-refractivity contribution in [3.8, 4) is 0 Å². The van der Waals surface area contributed by atoms with E-state index >= 15 is 0 Å². The number of likely N-dealkylation sites (tertiary alicyclic amines) is 1. The van der Waals surface area contributed by atoms with Crippen LogP contribution in [0.4, 0.5) is 0 Å². The van der Waals surface area contributed by atoms with Gasteiger partial charge in [-0.1, -0.05) is 13.3 Å². The zero-order valence-electron chi connectivity index (χ0n) is 10.3. The Morgan fingerprint density at radius 2 is 1.86 bits per heavy atom. The first-order chi connectivity index (χ1) is 6.62. The smallest absolute Gasteiger partial charge is 0.0306 e. The van der Waals surface area contributed by atoms with Crippen LogP contribution in [0.15, 0.2) is 0 Å². The van der Waals surface area contributed by atoms with E-state index in [1.54, 1.807) is 0 Å². The van der Waals surface area contributed by atoms with Crippen LogP contribution in [0.25, 0.3) is 0 Å². The molecule has 1 heterocycles. The molecule has 0 amide bonds. The molecule has 1 aliphatic heterocycles. The Kier molecular flexibility index (Phi) is 4.39. The van der Waals surface area contributed by atoms with Gasteiger partial charge in [0.05, 0.1) is 0 Å². The maximum atomic E-state index is 3.48. The monoisotopic (exact) mass is 198 g/mol. The molecular formula is C12H26N2. The molecule has 0 aliphatic carbocycles. The number of nitrogens with zero attached hydrogens (tertiary/aromatic N) is 1. The molecule has 0 radical (unpaired) electrons. The molecule has 1 aliphatic rings. The highest BCUT2D eigenvalue weighted by Gasteiger charge is 2.35. The van der Waals surface area contributed by atoms with E-state index in [-0.39, 0.29) is 0 Å². The maximum Gasteiger partial charge on any atom is 0.0306 e. The summed E-state index contributed by atoms with van der Waals surface area (Å²) in [5, 5.41) is 3.48. The van der Waals surface area contributed by atoms with Crippen LogP contribution in [0.2, 0.25) is 0 Å². The highest BCUT2D eigenvalue weighted by atomic mass is 15.2. The Labute approximate surface area is 89.1 Å². The molecule has 0 spiro atoms. The van der Waals surface area contributed by atoms with Crippen molar-refractivity contribution in [1.82, 2.24) is 10.2 Å². The first kappa shape index (κ1) is 12.0. The molecule has 1 atom stereocenters. The Bertz CT molecular complexity index is 160. The summed E-state index contributed by atoms with van der Waals surface area (Å²) in [6.45, 7) is 9.61. The molecule has 2 nitrogen and oxygen atoms in total. The predicted molar refractivity (Wildman–Crippen MR) is 62.6 cm³/mol. The van der Waals surface area contributed by atoms with Gasteiger partial charge in [0.1, 0.15) is 0 Å². The van der Waals surface area contributed by atoms with Gasteiger partial charge in [-0.15, -0.1) is 0 Å². The van der Waals surface area contributed by atoms with Crippen molar-refractivity contribution >= 4 is 0 Å². The third-order valence-electron chi connectivity index (χ3n) is 3.70. The highest BCUT2D eigenvalue weighted by molar-refractivity contribution is 4.94. The summed E-state index contributed by atoms with van der Waals surface area (Å²) in [6, 6.07) is 0.630. The Balaban J connectivity index is 2.59. The van der Waals surface area contributed by atoms with Gasteiger partial charge in [-0.05, 0) is 53.2 Å². The molecule has 2 heteroatoms. The van der Waals surface area contributed by atoms with E-state index in [2.05, 4.69) is 38.0 Å². The van der Waals surface area contributed by atoms with E-state index in [1.165, 1.54) is 38.8 Å². The van der Waals surface area contributed by atoms with Crippen LogP contribution in [-0.2, 0) is 0 Å². The standard InChI is InChI=1S/C12H26N2/c1-5-8-11(13-4)12(2,3)14-9-6-7-10-14/h11,13H,5-10H2,1-4H3. The summed E-state index contributed by atoms with van der Waals surface area (Å²) in [5.74, 6) is 0. The number of nitrogens with one attached hydrogen (secondary N) is 1. The van der Waals surface area contributed by atoms with Crippen LogP contribution in [-0.4, -0.2) is 36.6 Å². The first-order valence-corrected chi connectivity index (χ1v) is 6.05. The molecule has 1 saturated heterocycles. The van der Waals surface area contributed by atoms with E-state index in [0.29, 0.717) is 11.6 Å². The van der Waals surface area contributed by atoms with Gasteiger partial charge in [0.15, 0.2) is 0 Å². The number of hydrogen-bond acceptors (Lipinski definition) is 2. The predicted octanol–water partition coefficient (Wildman–Crippen LogP) is 2.25. The van der Waals surface area contributed by atoms with Crippen LogP contribution in [0.5, 0.6) is 0 Å². The Hall–Kier alpha value is -0.0800. The molecule has 1 fully saturated rings. The number of rotatable bonds is 5. The maximum absolute atomic E-state index is 3.48. The summed E-state index contributed by atoms with van der Waals surface area (Å²) in [7, 11) is 2.10. The molecule has 1 N–H and O–H groups in total. The van der Waals surface area contributed by atoms with Crippen molar-refractivity contribution in [2.45, 2.75) is 58.0 Å². The minimum atomic E-state index is 0.321. The van der Waals surface area contributed by atoms with Crippen molar-refractivity contribution in [3.05, 3.63) is 0 Å². The molecule has 1 unspecified atom stereocenters. The number of hydrogen-bond donors (Lipinski definition) is 1. The van der Waals surface area contributed by atoms with Crippen molar-refractivity contribution in [2.75, 3.05) is 20.1 Å². The molecular weight excluding hydrogens is 172 g/mol. The second-order valence-corrected chi connectivity index (χ2v) is 4.98. The minimum absolute atomic E-state index is 0.321. The average molecular weight is 198 g/mol. The van der Waals surface area contributed by atoms with Gasteiger partial charge in [-0.25, -0.2) is 0 Å². The lowest BCUT2D eigenvalue weighted by Gasteiger charge is -2.42. The largest absolute Gasteiger partial charge is 0.315 e. The van der Waals surface area contributed by atoms with Crippen molar-refractivity contribution < 1.29 is 0 Å². The molecule has 0 aromatic carbocycles. The van der Waals surface area contributed by atoms with Crippen LogP contribution in [0.1, 0.15) is 46.5 Å². The quantitative estimate of drug-likeness (QED) is 0.729. The topological polar surface area (TPSA) is 15.3 Å². The van der Waals surface area contributed by atoms with Crippen molar-refractivity contribution in [3.63, 3.8) is 0 Å². The fraction of sp³-hybridized carbons (Fsp3) is 1.00. The fourth-order valence-electron chi connectivity index (χ4n) is 2.65. The van der Waals surface area contributed by atoms with Gasteiger partial charge in [0, 0.05) is 11.6 Å².